The summed E-state index contributed by atoms with van der Waals surface area (Å²) in [5.74, 6) is -5.97. The Kier molecular flexibility index (Phi) is 9.12. The summed E-state index contributed by atoms with van der Waals surface area (Å²) in [4.78, 5) is 54.9. The molecule has 10 nitrogen and oxygen atoms in total. The molecule has 0 saturated carbocycles. The maximum absolute atomic E-state index is 14.8. The molecule has 4 aromatic rings. The van der Waals surface area contributed by atoms with Gasteiger partial charge in [0, 0.05) is 49.0 Å². The molecular formula is C30H28F5N5O5. The van der Waals surface area contributed by atoms with Crippen LogP contribution in [0, 0.1) is 18.6 Å². The third kappa shape index (κ3) is 6.42. The van der Waals surface area contributed by atoms with Crippen molar-refractivity contribution >= 4 is 28.5 Å². The minimum atomic E-state index is -4.70. The van der Waals surface area contributed by atoms with Crippen LogP contribution < -0.4 is 21.9 Å². The Hall–Kier alpha value is -5.08. The van der Waals surface area contributed by atoms with Crippen molar-refractivity contribution in [3.05, 3.63) is 91.9 Å². The molecule has 0 aliphatic carbocycles. The van der Waals surface area contributed by atoms with Gasteiger partial charge in [-0.05, 0) is 37.1 Å². The molecule has 0 aliphatic heterocycles. The zero-order valence-corrected chi connectivity index (χ0v) is 24.4. The first-order chi connectivity index (χ1) is 21.1. The van der Waals surface area contributed by atoms with Crippen molar-refractivity contribution < 1.29 is 36.6 Å². The van der Waals surface area contributed by atoms with Crippen molar-refractivity contribution in [1.82, 2.24) is 19.4 Å². The minimum Gasteiger partial charge on any atom is -0.480 e. The number of aromatic nitrogens is 3. The average molecular weight is 634 g/mol. The van der Waals surface area contributed by atoms with E-state index in [1.54, 1.807) is 19.1 Å². The minimum absolute atomic E-state index is 0.197. The van der Waals surface area contributed by atoms with Gasteiger partial charge in [-0.1, -0.05) is 25.1 Å². The third-order valence-electron chi connectivity index (χ3n) is 7.53. The number of pyridine rings is 1. The lowest BCUT2D eigenvalue weighted by Gasteiger charge is -2.22. The summed E-state index contributed by atoms with van der Waals surface area (Å²) in [6.45, 7) is 2.82. The van der Waals surface area contributed by atoms with E-state index in [9.17, 15) is 46.2 Å². The predicted octanol–water partition coefficient (Wildman–Crippen LogP) is 4.06. The summed E-state index contributed by atoms with van der Waals surface area (Å²) in [7, 11) is 2.84. The summed E-state index contributed by atoms with van der Waals surface area (Å²) < 4.78 is 71.2. The van der Waals surface area contributed by atoms with Gasteiger partial charge in [0.1, 0.15) is 29.3 Å². The average Bonchev–Trinajstić information content (AvgIpc) is 2.97. The molecule has 0 fully saturated rings. The number of nitrogens with zero attached hydrogens (tertiary/aromatic N) is 3. The number of carboxylic acid groups (broad SMARTS) is 1. The van der Waals surface area contributed by atoms with Crippen LogP contribution in [0.25, 0.3) is 22.0 Å². The Labute approximate surface area is 252 Å². The Bertz CT molecular complexity index is 1910. The van der Waals surface area contributed by atoms with Gasteiger partial charge in [-0.3, -0.25) is 19.1 Å². The van der Waals surface area contributed by atoms with Crippen LogP contribution in [0.2, 0.25) is 0 Å². The highest BCUT2D eigenvalue weighted by molar-refractivity contribution is 5.98. The number of carbonyl (C=O) groups is 2. The fraction of sp³-hybridized carbons (Fsp3) is 0.300. The SMILES string of the molecule is CC[C@@H](Nc1cc(F)c(C(=O)N[C@@H](Cc2ccc(-c3c(C)n(C)c(=O)n(C)c3=O)c3ncccc23)C(=O)O)c(F)c1)C(F)(F)F. The van der Waals surface area contributed by atoms with Crippen molar-refractivity contribution in [1.29, 1.82) is 0 Å². The molecule has 0 bridgehead atoms. The normalized spacial score (nSPS) is 13.0. The van der Waals surface area contributed by atoms with E-state index in [1.165, 1.54) is 43.9 Å². The number of amides is 1. The van der Waals surface area contributed by atoms with Crippen LogP contribution in [-0.4, -0.2) is 49.4 Å². The smallest absolute Gasteiger partial charge is 0.408 e. The van der Waals surface area contributed by atoms with Gasteiger partial charge in [0.05, 0.1) is 11.1 Å². The van der Waals surface area contributed by atoms with Crippen molar-refractivity contribution in [3.63, 3.8) is 0 Å². The second kappa shape index (κ2) is 12.5. The second-order valence-electron chi connectivity index (χ2n) is 10.4. The zero-order chi connectivity index (χ0) is 33.4. The lowest BCUT2D eigenvalue weighted by Crippen LogP contribution is -2.43. The number of aliphatic carboxylic acids is 1. The molecule has 0 saturated heterocycles. The molecule has 15 heteroatoms. The number of fused-ring (bicyclic) bond motifs is 1. The number of rotatable bonds is 9. The van der Waals surface area contributed by atoms with E-state index < -0.39 is 70.7 Å². The fourth-order valence-electron chi connectivity index (χ4n) is 5.01. The Balaban J connectivity index is 1.68. The summed E-state index contributed by atoms with van der Waals surface area (Å²) in [5, 5.41) is 14.3. The number of anilines is 1. The number of benzene rings is 2. The Morgan fingerprint density at radius 1 is 1.04 bits per heavy atom. The molecule has 1 amide bonds. The van der Waals surface area contributed by atoms with Crippen LogP contribution in [-0.2, 0) is 25.3 Å². The molecule has 2 atom stereocenters. The maximum atomic E-state index is 14.8. The summed E-state index contributed by atoms with van der Waals surface area (Å²) in [6, 6.07) is 3.45. The van der Waals surface area contributed by atoms with Gasteiger partial charge >= 0.3 is 17.8 Å². The van der Waals surface area contributed by atoms with E-state index in [1.807, 2.05) is 5.32 Å². The standard InChI is InChI=1S/C30H28F5N5O5/c1-5-22(30(33,34)35)37-16-12-19(31)24(20(32)13-16)26(41)38-21(28(43)44)11-15-8-9-18(25-17(15)7-6-10-36-25)23-14(2)39(3)29(45)40(4)27(23)42/h6-10,12-13,21-22,37H,5,11H2,1-4H3,(H,38,41)(H,43,44)/t21-,22+/m0/s1. The molecule has 0 aliphatic rings. The largest absolute Gasteiger partial charge is 0.480 e. The number of halogens is 5. The van der Waals surface area contributed by atoms with Gasteiger partial charge in [0.2, 0.25) is 0 Å². The zero-order valence-electron chi connectivity index (χ0n) is 24.4. The van der Waals surface area contributed by atoms with E-state index in [2.05, 4.69) is 10.3 Å². The first-order valence-corrected chi connectivity index (χ1v) is 13.6. The van der Waals surface area contributed by atoms with E-state index >= 15 is 0 Å². The number of alkyl halides is 3. The molecule has 2 aromatic heterocycles. The number of nitrogens with one attached hydrogen (secondary N) is 2. The van der Waals surface area contributed by atoms with E-state index in [0.717, 1.165) is 4.57 Å². The fourth-order valence-corrected chi connectivity index (χ4v) is 5.01. The predicted molar refractivity (Wildman–Crippen MR) is 155 cm³/mol. The van der Waals surface area contributed by atoms with Gasteiger partial charge < -0.3 is 20.3 Å². The maximum Gasteiger partial charge on any atom is 0.408 e. The van der Waals surface area contributed by atoms with Crippen molar-refractivity contribution in [2.45, 2.75) is 44.9 Å². The molecule has 3 N–H and O–H groups in total. The van der Waals surface area contributed by atoms with Crippen molar-refractivity contribution in [2.24, 2.45) is 14.1 Å². The molecule has 45 heavy (non-hydrogen) atoms. The molecular weight excluding hydrogens is 605 g/mol. The molecule has 4 rings (SSSR count). The van der Waals surface area contributed by atoms with Crippen LogP contribution in [0.5, 0.6) is 0 Å². The molecule has 2 heterocycles. The first-order valence-electron chi connectivity index (χ1n) is 13.6. The van der Waals surface area contributed by atoms with Crippen LogP contribution in [0.15, 0.2) is 52.2 Å². The van der Waals surface area contributed by atoms with Gasteiger partial charge in [-0.15, -0.1) is 0 Å². The quantitative estimate of drug-likeness (QED) is 0.237. The van der Waals surface area contributed by atoms with Crippen molar-refractivity contribution in [2.75, 3.05) is 5.32 Å². The van der Waals surface area contributed by atoms with E-state index in [4.69, 9.17) is 0 Å². The van der Waals surface area contributed by atoms with Crippen LogP contribution in [0.4, 0.5) is 27.6 Å². The van der Waals surface area contributed by atoms with Crippen LogP contribution >= 0.6 is 0 Å². The van der Waals surface area contributed by atoms with Crippen molar-refractivity contribution in [3.8, 4) is 11.1 Å². The molecule has 238 valence electrons. The summed E-state index contributed by atoms with van der Waals surface area (Å²) in [5.41, 5.74) is -1.23. The number of hydrogen-bond acceptors (Lipinski definition) is 6. The Morgan fingerprint density at radius 3 is 2.27 bits per heavy atom. The van der Waals surface area contributed by atoms with E-state index in [0.29, 0.717) is 39.9 Å². The molecule has 0 radical (unpaired) electrons. The second-order valence-corrected chi connectivity index (χ2v) is 10.4. The number of carbonyl (C=O) groups excluding carboxylic acids is 1. The monoisotopic (exact) mass is 633 g/mol. The summed E-state index contributed by atoms with van der Waals surface area (Å²) >= 11 is 0. The number of hydrogen-bond donors (Lipinski definition) is 3. The lowest BCUT2D eigenvalue weighted by atomic mass is 9.95. The molecule has 0 unspecified atom stereocenters. The topological polar surface area (TPSA) is 135 Å². The lowest BCUT2D eigenvalue weighted by molar-refractivity contribution is -0.143. The van der Waals surface area contributed by atoms with E-state index in [-0.39, 0.29) is 12.0 Å². The van der Waals surface area contributed by atoms with Gasteiger partial charge in [0.25, 0.3) is 11.5 Å². The van der Waals surface area contributed by atoms with Gasteiger partial charge in [-0.25, -0.2) is 18.4 Å². The van der Waals surface area contributed by atoms with Crippen LogP contribution in [0.1, 0.15) is 35.0 Å². The highest BCUT2D eigenvalue weighted by Crippen LogP contribution is 2.30. The molecule has 2 aromatic carbocycles. The molecule has 0 spiro atoms. The van der Waals surface area contributed by atoms with Gasteiger partial charge in [0.15, 0.2) is 0 Å². The first kappa shape index (κ1) is 32.8. The Morgan fingerprint density at radius 2 is 1.69 bits per heavy atom. The summed E-state index contributed by atoms with van der Waals surface area (Å²) in [6.07, 6.45) is -4.05. The highest BCUT2D eigenvalue weighted by atomic mass is 19.4. The van der Waals surface area contributed by atoms with Crippen LogP contribution in [0.3, 0.4) is 0 Å². The van der Waals surface area contributed by atoms with Gasteiger partial charge in [-0.2, -0.15) is 13.2 Å². The number of carboxylic acids is 1. The highest BCUT2D eigenvalue weighted by Gasteiger charge is 2.38. The third-order valence-corrected chi connectivity index (χ3v) is 7.53.